The van der Waals surface area contributed by atoms with Gasteiger partial charge in [0.05, 0.1) is 14.2 Å². The van der Waals surface area contributed by atoms with Crippen molar-refractivity contribution in [3.05, 3.63) is 41.6 Å². The van der Waals surface area contributed by atoms with Crippen molar-refractivity contribution >= 4 is 5.91 Å². The number of aromatic nitrogens is 1. The summed E-state index contributed by atoms with van der Waals surface area (Å²) in [5.41, 5.74) is 1.46. The van der Waals surface area contributed by atoms with Crippen molar-refractivity contribution in [1.82, 2.24) is 9.88 Å². The number of ether oxygens (including phenoxy) is 2. The van der Waals surface area contributed by atoms with E-state index >= 15 is 0 Å². The van der Waals surface area contributed by atoms with Crippen LogP contribution >= 0.6 is 0 Å². The number of nitrogens with zero attached hydrogens (tertiary/aromatic N) is 2. The molecule has 6 heteroatoms. The summed E-state index contributed by atoms with van der Waals surface area (Å²) in [6, 6.07) is 5.76. The number of carbonyl (C=O) groups excluding carboxylic acids is 1. The zero-order chi connectivity index (χ0) is 16.4. The van der Waals surface area contributed by atoms with Gasteiger partial charge < -0.3 is 18.8 Å². The molecule has 0 bridgehead atoms. The molecule has 6 nitrogen and oxygen atoms in total. The number of benzene rings is 1. The quantitative estimate of drug-likeness (QED) is 0.867. The number of aryl methyl sites for hydroxylation is 1. The lowest BCUT2D eigenvalue weighted by atomic mass is 9.97. The van der Waals surface area contributed by atoms with E-state index in [1.54, 1.807) is 21.1 Å². The van der Waals surface area contributed by atoms with Crippen LogP contribution in [0.5, 0.6) is 11.5 Å². The van der Waals surface area contributed by atoms with Gasteiger partial charge in [-0.1, -0.05) is 0 Å². The number of methoxy groups -OCH3 is 2. The molecule has 0 saturated carbocycles. The average molecular weight is 316 g/mol. The van der Waals surface area contributed by atoms with E-state index in [1.807, 2.05) is 23.1 Å². The molecular formula is C17H20N2O4. The minimum Gasteiger partial charge on any atom is -0.497 e. The van der Waals surface area contributed by atoms with E-state index in [4.69, 9.17) is 13.9 Å². The standard InChI is InChI=1S/C17H20N2O4/c1-11-16(18-10-23-11)17(20)19-7-6-12(9-19)14-8-13(21-2)4-5-15(14)22-3/h4-5,8,10,12H,6-7,9H2,1-3H3/t12-/m0/s1. The van der Waals surface area contributed by atoms with E-state index in [0.29, 0.717) is 24.5 Å². The molecule has 1 amide bonds. The van der Waals surface area contributed by atoms with E-state index in [0.717, 1.165) is 23.5 Å². The van der Waals surface area contributed by atoms with E-state index < -0.39 is 0 Å². The number of hydrogen-bond donors (Lipinski definition) is 0. The lowest BCUT2D eigenvalue weighted by molar-refractivity contribution is 0.0784. The molecule has 122 valence electrons. The molecule has 0 spiro atoms. The highest BCUT2D eigenvalue weighted by Gasteiger charge is 2.31. The van der Waals surface area contributed by atoms with Gasteiger partial charge in [0.25, 0.3) is 5.91 Å². The highest BCUT2D eigenvalue weighted by Crippen LogP contribution is 2.36. The minimum absolute atomic E-state index is 0.0828. The number of rotatable bonds is 4. The second-order valence-corrected chi connectivity index (χ2v) is 5.60. The van der Waals surface area contributed by atoms with Gasteiger partial charge in [0.2, 0.25) is 0 Å². The number of hydrogen-bond acceptors (Lipinski definition) is 5. The van der Waals surface area contributed by atoms with Gasteiger partial charge in [-0.15, -0.1) is 0 Å². The molecule has 1 aliphatic heterocycles. The molecular weight excluding hydrogens is 296 g/mol. The molecule has 3 rings (SSSR count). The smallest absolute Gasteiger partial charge is 0.276 e. The summed E-state index contributed by atoms with van der Waals surface area (Å²) in [6.07, 6.45) is 2.19. The molecule has 1 fully saturated rings. The molecule has 0 N–H and O–H groups in total. The Kier molecular flexibility index (Phi) is 4.23. The van der Waals surface area contributed by atoms with Gasteiger partial charge in [0.1, 0.15) is 17.3 Å². The first-order valence-electron chi connectivity index (χ1n) is 7.55. The first kappa shape index (κ1) is 15.4. The molecule has 23 heavy (non-hydrogen) atoms. The van der Waals surface area contributed by atoms with Crippen molar-refractivity contribution in [2.24, 2.45) is 0 Å². The molecule has 1 saturated heterocycles. The van der Waals surface area contributed by atoms with Crippen LogP contribution < -0.4 is 9.47 Å². The first-order valence-corrected chi connectivity index (χ1v) is 7.55. The number of likely N-dealkylation sites (tertiary alicyclic amines) is 1. The second kappa shape index (κ2) is 6.32. The summed E-state index contributed by atoms with van der Waals surface area (Å²) in [4.78, 5) is 18.4. The van der Waals surface area contributed by atoms with Crippen LogP contribution in [0.2, 0.25) is 0 Å². The fourth-order valence-corrected chi connectivity index (χ4v) is 3.02. The summed E-state index contributed by atoms with van der Waals surface area (Å²) in [6.45, 7) is 3.07. The van der Waals surface area contributed by atoms with Crippen molar-refractivity contribution in [3.8, 4) is 11.5 Å². The van der Waals surface area contributed by atoms with Crippen LogP contribution in [0.15, 0.2) is 29.0 Å². The summed E-state index contributed by atoms with van der Waals surface area (Å²) < 4.78 is 15.9. The highest BCUT2D eigenvalue weighted by atomic mass is 16.5. The third-order valence-electron chi connectivity index (χ3n) is 4.30. The summed E-state index contributed by atoms with van der Waals surface area (Å²) in [5, 5.41) is 0. The topological polar surface area (TPSA) is 64.8 Å². The Bertz CT molecular complexity index is 710. The fraction of sp³-hybridized carbons (Fsp3) is 0.412. The first-order chi connectivity index (χ1) is 11.1. The summed E-state index contributed by atoms with van der Waals surface area (Å²) in [5.74, 6) is 2.30. The van der Waals surface area contributed by atoms with Crippen molar-refractivity contribution in [2.75, 3.05) is 27.3 Å². The van der Waals surface area contributed by atoms with Crippen molar-refractivity contribution in [1.29, 1.82) is 0 Å². The molecule has 1 aliphatic rings. The Hall–Kier alpha value is -2.50. The predicted octanol–water partition coefficient (Wildman–Crippen LogP) is 2.63. The normalized spacial score (nSPS) is 17.3. The number of carbonyl (C=O) groups is 1. The van der Waals surface area contributed by atoms with Gasteiger partial charge in [-0.25, -0.2) is 4.98 Å². The van der Waals surface area contributed by atoms with Crippen LogP contribution in [-0.4, -0.2) is 43.1 Å². The number of oxazole rings is 1. The van der Waals surface area contributed by atoms with E-state index in [9.17, 15) is 4.79 Å². The van der Waals surface area contributed by atoms with Gasteiger partial charge in [0, 0.05) is 24.6 Å². The van der Waals surface area contributed by atoms with Gasteiger partial charge in [-0.3, -0.25) is 4.79 Å². The van der Waals surface area contributed by atoms with Crippen LogP contribution in [0.4, 0.5) is 0 Å². The number of amides is 1. The van der Waals surface area contributed by atoms with Gasteiger partial charge in [-0.05, 0) is 31.5 Å². The maximum Gasteiger partial charge on any atom is 0.276 e. The second-order valence-electron chi connectivity index (χ2n) is 5.60. The molecule has 0 unspecified atom stereocenters. The molecule has 1 atom stereocenters. The van der Waals surface area contributed by atoms with Crippen LogP contribution in [0.3, 0.4) is 0 Å². The van der Waals surface area contributed by atoms with Crippen molar-refractivity contribution < 1.29 is 18.7 Å². The average Bonchev–Trinajstić information content (AvgIpc) is 3.22. The van der Waals surface area contributed by atoms with Crippen LogP contribution in [0, 0.1) is 6.92 Å². The fourth-order valence-electron chi connectivity index (χ4n) is 3.02. The monoisotopic (exact) mass is 316 g/mol. The SMILES string of the molecule is COc1ccc(OC)c([C@H]2CCN(C(=O)c3ncoc3C)C2)c1. The molecule has 0 aliphatic carbocycles. The summed E-state index contributed by atoms with van der Waals surface area (Å²) >= 11 is 0. The Morgan fingerprint density at radius 3 is 2.83 bits per heavy atom. The lowest BCUT2D eigenvalue weighted by Gasteiger charge is -2.18. The van der Waals surface area contributed by atoms with Crippen LogP contribution in [-0.2, 0) is 0 Å². The molecule has 1 aromatic carbocycles. The Morgan fingerprint density at radius 1 is 1.35 bits per heavy atom. The minimum atomic E-state index is -0.0828. The van der Waals surface area contributed by atoms with E-state index in [-0.39, 0.29) is 11.8 Å². The van der Waals surface area contributed by atoms with Gasteiger partial charge in [0.15, 0.2) is 12.1 Å². The van der Waals surface area contributed by atoms with Crippen LogP contribution in [0.25, 0.3) is 0 Å². The van der Waals surface area contributed by atoms with Crippen LogP contribution in [0.1, 0.15) is 34.2 Å². The maximum absolute atomic E-state index is 12.5. The Balaban J connectivity index is 1.80. The molecule has 1 aromatic heterocycles. The zero-order valence-electron chi connectivity index (χ0n) is 13.5. The largest absolute Gasteiger partial charge is 0.497 e. The zero-order valence-corrected chi connectivity index (χ0v) is 13.5. The van der Waals surface area contributed by atoms with Crippen molar-refractivity contribution in [3.63, 3.8) is 0 Å². The third kappa shape index (κ3) is 2.88. The molecule has 0 radical (unpaired) electrons. The van der Waals surface area contributed by atoms with Crippen molar-refractivity contribution in [2.45, 2.75) is 19.3 Å². The Labute approximate surface area is 135 Å². The molecule has 2 aromatic rings. The van der Waals surface area contributed by atoms with E-state index in [1.165, 1.54) is 6.39 Å². The maximum atomic E-state index is 12.5. The highest BCUT2D eigenvalue weighted by molar-refractivity contribution is 5.93. The lowest BCUT2D eigenvalue weighted by Crippen LogP contribution is -2.29. The van der Waals surface area contributed by atoms with Gasteiger partial charge >= 0.3 is 0 Å². The predicted molar refractivity (Wildman–Crippen MR) is 84.0 cm³/mol. The Morgan fingerprint density at radius 2 is 2.17 bits per heavy atom. The summed E-state index contributed by atoms with van der Waals surface area (Å²) in [7, 11) is 3.30. The third-order valence-corrected chi connectivity index (χ3v) is 4.30. The van der Waals surface area contributed by atoms with E-state index in [2.05, 4.69) is 4.98 Å². The molecule has 2 heterocycles. The van der Waals surface area contributed by atoms with Gasteiger partial charge in [-0.2, -0.15) is 0 Å².